The first-order chi connectivity index (χ1) is 28.1. The van der Waals surface area contributed by atoms with Crippen LogP contribution >= 0.6 is 0 Å². The zero-order valence-corrected chi connectivity index (χ0v) is 49.7. The maximum absolute atomic E-state index is 14.4. The van der Waals surface area contributed by atoms with Crippen LogP contribution in [0.1, 0.15) is 94.2 Å². The van der Waals surface area contributed by atoms with E-state index in [9.17, 15) is 25.9 Å². The first-order valence-electron chi connectivity index (χ1n) is 22.5. The van der Waals surface area contributed by atoms with Crippen molar-refractivity contribution in [2.75, 3.05) is 0 Å². The molecule has 0 unspecified atom stereocenters. The van der Waals surface area contributed by atoms with E-state index < -0.39 is 87.1 Å². The number of hydrogen-bond acceptors (Lipinski definition) is 6. The topological polar surface area (TPSA) is 37.4 Å². The second-order valence-corrected chi connectivity index (χ2v) is 52.5. The molecule has 0 aliphatic carbocycles. The smallest absolute Gasteiger partial charge is 0.471 e. The monoisotopic (exact) mass is 1010 g/mol. The minimum Gasteiger partial charge on any atom is -0.471 e. The van der Waals surface area contributed by atoms with E-state index in [1.54, 1.807) is 0 Å². The minimum absolute atomic E-state index is 0.558. The Morgan fingerprint density at radius 1 is 0.438 bits per heavy atom. The lowest BCUT2D eigenvalue weighted by Crippen LogP contribution is -2.95. The maximum atomic E-state index is 14.4. The van der Waals surface area contributed by atoms with Crippen molar-refractivity contribution >= 4 is 76.6 Å². The Labute approximate surface area is 390 Å². The molecular formula is C42H82B2F6N6O2Si6. The molecule has 0 radical (unpaired) electrons. The van der Waals surface area contributed by atoms with Crippen molar-refractivity contribution in [3.63, 3.8) is 0 Å². The molecule has 2 atom stereocenters. The first-order valence-corrected chi connectivity index (χ1v) is 39.8. The van der Waals surface area contributed by atoms with Crippen LogP contribution in [0.5, 0.6) is 0 Å². The van der Waals surface area contributed by atoms with E-state index in [-0.39, 0.29) is 0 Å². The summed E-state index contributed by atoms with van der Waals surface area (Å²) in [5.41, 5.74) is -0.388. The Bertz CT molecular complexity index is 1860. The molecule has 0 bridgehead atoms. The Morgan fingerprint density at radius 2 is 0.656 bits per heavy atom. The predicted molar refractivity (Wildman–Crippen MR) is 273 cm³/mol. The normalized spacial score (nSPS) is 21.3. The Hall–Kier alpha value is -1.77. The lowest BCUT2D eigenvalue weighted by atomic mass is 10.1. The van der Waals surface area contributed by atoms with Crippen molar-refractivity contribution in [3.05, 3.63) is 71.8 Å². The van der Waals surface area contributed by atoms with E-state index in [0.717, 1.165) is 22.8 Å². The van der Waals surface area contributed by atoms with Gasteiger partial charge in [-0.05, 0) is 107 Å². The lowest BCUT2D eigenvalue weighted by molar-refractivity contribution is -0.539. The molecule has 0 saturated carbocycles. The molecule has 0 spiro atoms. The summed E-state index contributed by atoms with van der Waals surface area (Å²) in [6.45, 7) is 49.7. The van der Waals surface area contributed by atoms with Crippen molar-refractivity contribution in [2.24, 2.45) is 0 Å². The standard InChI is InChI=1S/2C21H41BF3N3OSi3/c2*1-20(2,3)26-19(18-16-14-13-15-17-18)27(21(4,5)6)32(26,29-22(23,24)25)28(30(7,8)9)31(10,11)12/h2*13-17H,1-12H3. The molecular weight excluding hydrogens is 925 g/mol. The third kappa shape index (κ3) is 11.7. The van der Waals surface area contributed by atoms with Gasteiger partial charge in [0.1, 0.15) is 32.9 Å². The third-order valence-corrected chi connectivity index (χ3v) is 43.8. The minimum atomic E-state index is -5.49. The molecule has 0 amide bonds. The van der Waals surface area contributed by atoms with Crippen molar-refractivity contribution in [2.45, 2.75) is 184 Å². The molecule has 2 heterocycles. The second kappa shape index (κ2) is 17.6. The molecule has 364 valence electrons. The van der Waals surface area contributed by atoms with Crippen molar-refractivity contribution in [3.8, 4) is 0 Å². The Kier molecular flexibility index (Phi) is 15.6. The average Bonchev–Trinajstić information content (AvgIpc) is 2.96. The largest absolute Gasteiger partial charge is 0.688 e. The van der Waals surface area contributed by atoms with E-state index in [1.165, 1.54) is 0 Å². The van der Waals surface area contributed by atoms with E-state index >= 15 is 0 Å². The zero-order valence-electron chi connectivity index (χ0n) is 43.7. The summed E-state index contributed by atoms with van der Waals surface area (Å²) in [7, 11) is -27.7. The summed E-state index contributed by atoms with van der Waals surface area (Å²) < 4.78 is 110. The van der Waals surface area contributed by atoms with E-state index in [1.807, 2.05) is 161 Å². The molecule has 2 aromatic carbocycles. The summed E-state index contributed by atoms with van der Waals surface area (Å²) in [6, 6.07) is 19.6. The first kappa shape index (κ1) is 56.6. The van der Waals surface area contributed by atoms with Crippen molar-refractivity contribution < 1.29 is 43.1 Å². The molecule has 2 aliphatic rings. The zero-order chi connectivity index (χ0) is 50.3. The van der Waals surface area contributed by atoms with Crippen LogP contribution in [0.3, 0.4) is 0 Å². The predicted octanol–water partition coefficient (Wildman–Crippen LogP) is 12.3. The van der Waals surface area contributed by atoms with Gasteiger partial charge in [-0.15, -0.1) is 0 Å². The van der Waals surface area contributed by atoms with Gasteiger partial charge in [0.25, 0.3) is 11.7 Å². The highest BCUT2D eigenvalue weighted by molar-refractivity contribution is 7.03. The summed E-state index contributed by atoms with van der Waals surface area (Å²) >= 11 is 0. The van der Waals surface area contributed by atoms with Crippen LogP contribution in [-0.2, 0) is 8.69 Å². The number of nitrogens with zero attached hydrogens (tertiary/aromatic N) is 6. The van der Waals surface area contributed by atoms with Gasteiger partial charge in [0.15, 0.2) is 0 Å². The van der Waals surface area contributed by atoms with E-state index in [4.69, 9.17) is 8.69 Å². The third-order valence-electron chi connectivity index (χ3n) is 10.6. The molecule has 22 heteroatoms. The Morgan fingerprint density at radius 3 is 0.812 bits per heavy atom. The van der Waals surface area contributed by atoms with Crippen LogP contribution in [0.25, 0.3) is 0 Å². The average molecular weight is 1010 g/mol. The van der Waals surface area contributed by atoms with Crippen LogP contribution in [0, 0.1) is 0 Å². The quantitative estimate of drug-likeness (QED) is 0.156. The van der Waals surface area contributed by atoms with E-state index in [2.05, 4.69) is 86.4 Å². The maximum Gasteiger partial charge on any atom is 0.688 e. The molecule has 0 N–H and O–H groups in total. The van der Waals surface area contributed by atoms with Crippen molar-refractivity contribution in [1.29, 1.82) is 0 Å². The number of amidine groups is 2. The Balaban J connectivity index is 0.000000340. The number of benzene rings is 2. The van der Waals surface area contributed by atoms with Gasteiger partial charge in [0, 0.05) is 0 Å². The highest BCUT2D eigenvalue weighted by atomic mass is 28.5. The van der Waals surface area contributed by atoms with Gasteiger partial charge < -0.3 is 34.6 Å². The van der Waals surface area contributed by atoms with Gasteiger partial charge in [-0.2, -0.15) is 0 Å². The summed E-state index contributed by atoms with van der Waals surface area (Å²) in [6.07, 6.45) is 0. The fourth-order valence-corrected chi connectivity index (χ4v) is 51.3. The fourth-order valence-electron chi connectivity index (χ4n) is 10.4. The molecule has 64 heavy (non-hydrogen) atoms. The van der Waals surface area contributed by atoms with Crippen LogP contribution in [0.4, 0.5) is 25.9 Å². The second-order valence-electron chi connectivity index (χ2n) is 25.2. The molecule has 8 nitrogen and oxygen atoms in total. The summed E-state index contributed by atoms with van der Waals surface area (Å²) in [4.78, 5) is 0. The van der Waals surface area contributed by atoms with Gasteiger partial charge in [0.05, 0.1) is 33.3 Å². The van der Waals surface area contributed by atoms with Crippen LogP contribution in [0.2, 0.25) is 78.6 Å². The van der Waals surface area contributed by atoms with Gasteiger partial charge in [-0.3, -0.25) is 7.79 Å². The van der Waals surface area contributed by atoms with E-state index in [0.29, 0.717) is 0 Å². The highest BCUT2D eigenvalue weighted by Crippen LogP contribution is 2.48. The number of rotatable bonds is 12. The van der Waals surface area contributed by atoms with Crippen LogP contribution in [0.15, 0.2) is 60.7 Å². The molecule has 4 rings (SSSR count). The van der Waals surface area contributed by atoms with Gasteiger partial charge in [0.2, 0.25) is 0 Å². The molecule has 0 saturated heterocycles. The van der Waals surface area contributed by atoms with Crippen LogP contribution in [-0.4, -0.2) is 124 Å². The van der Waals surface area contributed by atoms with Gasteiger partial charge in [-0.1, -0.05) is 115 Å². The van der Waals surface area contributed by atoms with Crippen molar-refractivity contribution in [1.82, 2.24) is 16.9 Å². The number of halogens is 6. The summed E-state index contributed by atoms with van der Waals surface area (Å²) in [5, 5.41) is 0. The molecule has 2 aliphatic heterocycles. The van der Waals surface area contributed by atoms with Gasteiger partial charge in [-0.25, -0.2) is 17.6 Å². The van der Waals surface area contributed by atoms with Crippen LogP contribution < -0.4 is 0 Å². The summed E-state index contributed by atoms with van der Waals surface area (Å²) in [5.74, 6) is 1.66. The molecule has 0 fully saturated rings. The van der Waals surface area contributed by atoms with Gasteiger partial charge >= 0.3 is 32.0 Å². The lowest BCUT2D eigenvalue weighted by Gasteiger charge is -2.62. The SMILES string of the molecule is CC(C)(C)N1C(c2ccccc2)=[N+](C(C)(C)C)[Si@@]1(O[B-](F)(F)F)N([Si](C)(C)C)[Si](C)(C)C.CC(C)(C)N1C(c2ccccc2)=[N+](C(C)(C)C)[Si@@]1(O[B-](F)(F)F)N([Si](C)(C)C)[Si](C)(C)C. The fraction of sp³-hybridized carbons (Fsp3) is 0.667. The molecule has 2 aromatic rings. The highest BCUT2D eigenvalue weighted by Gasteiger charge is 2.83. The molecule has 0 aromatic heterocycles. The number of hydrogen-bond donors (Lipinski definition) is 0.